The highest BCUT2D eigenvalue weighted by Gasteiger charge is 2.31. The highest BCUT2D eigenvalue weighted by atomic mass is 32.2. The Morgan fingerprint density at radius 3 is 2.43 bits per heavy atom. The highest BCUT2D eigenvalue weighted by Crippen LogP contribution is 2.32. The second-order valence-corrected chi connectivity index (χ2v) is 9.78. The van der Waals surface area contributed by atoms with E-state index < -0.39 is 10.0 Å². The van der Waals surface area contributed by atoms with E-state index in [-0.39, 0.29) is 10.8 Å². The predicted octanol–water partition coefficient (Wildman–Crippen LogP) is 3.52. The van der Waals surface area contributed by atoms with Gasteiger partial charge in [-0.15, -0.1) is 0 Å². The topological polar surface area (TPSA) is 66.9 Å². The molecule has 28 heavy (non-hydrogen) atoms. The van der Waals surface area contributed by atoms with Gasteiger partial charge in [0.15, 0.2) is 0 Å². The summed E-state index contributed by atoms with van der Waals surface area (Å²) in [6.07, 6.45) is 7.06. The Kier molecular flexibility index (Phi) is 6.99. The quantitative estimate of drug-likeness (QED) is 0.660. The smallest absolute Gasteiger partial charge is 0.253 e. The van der Waals surface area contributed by atoms with Gasteiger partial charge in [-0.05, 0) is 56.2 Å². The van der Waals surface area contributed by atoms with Crippen molar-refractivity contribution in [3.63, 3.8) is 0 Å². The second kappa shape index (κ2) is 9.27. The van der Waals surface area contributed by atoms with E-state index in [4.69, 9.17) is 4.74 Å². The summed E-state index contributed by atoms with van der Waals surface area (Å²) in [5, 5.41) is 0. The molecular weight excluding hydrogens is 376 g/mol. The fraction of sp³-hybridized carbons (Fsp3) is 0.667. The SMILES string of the molecule is CCCN(CC1CC1)C(=O)c1ccc(OC)c(S(=O)(=O)N2CCCCCC2)c1. The van der Waals surface area contributed by atoms with Gasteiger partial charge in [0.05, 0.1) is 7.11 Å². The Labute approximate surface area is 168 Å². The van der Waals surface area contributed by atoms with Crippen molar-refractivity contribution >= 4 is 15.9 Å². The second-order valence-electron chi connectivity index (χ2n) is 7.88. The van der Waals surface area contributed by atoms with Gasteiger partial charge in [-0.25, -0.2) is 8.42 Å². The molecule has 0 spiro atoms. The summed E-state index contributed by atoms with van der Waals surface area (Å²) in [5.41, 5.74) is 0.420. The number of rotatable bonds is 8. The summed E-state index contributed by atoms with van der Waals surface area (Å²) in [4.78, 5) is 15.1. The monoisotopic (exact) mass is 408 g/mol. The molecule has 3 rings (SSSR count). The Morgan fingerprint density at radius 2 is 1.86 bits per heavy atom. The van der Waals surface area contributed by atoms with Crippen LogP contribution in [0.4, 0.5) is 0 Å². The minimum Gasteiger partial charge on any atom is -0.495 e. The van der Waals surface area contributed by atoms with Crippen molar-refractivity contribution in [3.8, 4) is 5.75 Å². The Morgan fingerprint density at radius 1 is 1.18 bits per heavy atom. The number of sulfonamides is 1. The summed E-state index contributed by atoms with van der Waals surface area (Å²) in [6.45, 7) is 4.54. The van der Waals surface area contributed by atoms with Gasteiger partial charge in [-0.2, -0.15) is 4.31 Å². The van der Waals surface area contributed by atoms with E-state index in [1.54, 1.807) is 16.4 Å². The van der Waals surface area contributed by atoms with E-state index in [0.717, 1.165) is 38.6 Å². The number of benzene rings is 1. The first-order chi connectivity index (χ1) is 13.5. The first kappa shape index (κ1) is 21.1. The molecule has 0 radical (unpaired) electrons. The lowest BCUT2D eigenvalue weighted by Gasteiger charge is -2.24. The molecule has 0 bridgehead atoms. The van der Waals surface area contributed by atoms with E-state index in [1.807, 2.05) is 4.90 Å². The molecule has 1 heterocycles. The molecule has 0 N–H and O–H groups in total. The van der Waals surface area contributed by atoms with Gasteiger partial charge in [0, 0.05) is 31.7 Å². The van der Waals surface area contributed by atoms with E-state index in [9.17, 15) is 13.2 Å². The van der Waals surface area contributed by atoms with Gasteiger partial charge in [-0.3, -0.25) is 4.79 Å². The van der Waals surface area contributed by atoms with Gasteiger partial charge < -0.3 is 9.64 Å². The van der Waals surface area contributed by atoms with Crippen molar-refractivity contribution in [3.05, 3.63) is 23.8 Å². The van der Waals surface area contributed by atoms with E-state index in [1.165, 1.54) is 26.0 Å². The fourth-order valence-corrected chi connectivity index (χ4v) is 5.47. The zero-order valence-corrected chi connectivity index (χ0v) is 17.8. The number of amides is 1. The summed E-state index contributed by atoms with van der Waals surface area (Å²) < 4.78 is 33.5. The number of carbonyl (C=O) groups excluding carboxylic acids is 1. The third-order valence-corrected chi connectivity index (χ3v) is 7.47. The Bertz CT molecular complexity index is 782. The molecule has 0 aromatic heterocycles. The van der Waals surface area contributed by atoms with Crippen molar-refractivity contribution in [2.45, 2.75) is 56.8 Å². The molecule has 1 aromatic rings. The zero-order chi connectivity index (χ0) is 20.1. The number of methoxy groups -OCH3 is 1. The van der Waals surface area contributed by atoms with Gasteiger partial charge in [0.25, 0.3) is 5.91 Å². The highest BCUT2D eigenvalue weighted by molar-refractivity contribution is 7.89. The van der Waals surface area contributed by atoms with Gasteiger partial charge >= 0.3 is 0 Å². The minimum absolute atomic E-state index is 0.0938. The number of ether oxygens (including phenoxy) is 1. The van der Waals surface area contributed by atoms with Crippen molar-refractivity contribution in [2.75, 3.05) is 33.3 Å². The van der Waals surface area contributed by atoms with Crippen LogP contribution in [0, 0.1) is 5.92 Å². The maximum absolute atomic E-state index is 13.3. The van der Waals surface area contributed by atoms with Crippen molar-refractivity contribution in [1.29, 1.82) is 0 Å². The molecule has 1 aliphatic carbocycles. The predicted molar refractivity (Wildman–Crippen MR) is 109 cm³/mol. The molecule has 0 atom stereocenters. The van der Waals surface area contributed by atoms with Crippen LogP contribution in [0.3, 0.4) is 0 Å². The van der Waals surface area contributed by atoms with E-state index in [0.29, 0.717) is 36.9 Å². The van der Waals surface area contributed by atoms with Crippen LogP contribution in [0.15, 0.2) is 23.1 Å². The number of hydrogen-bond acceptors (Lipinski definition) is 4. The molecular formula is C21H32N2O4S. The lowest BCUT2D eigenvalue weighted by Crippen LogP contribution is -2.34. The molecule has 6 nitrogen and oxygen atoms in total. The molecule has 1 aromatic carbocycles. The third-order valence-electron chi connectivity index (χ3n) is 5.55. The van der Waals surface area contributed by atoms with Gasteiger partial charge in [0.2, 0.25) is 10.0 Å². The average Bonchev–Trinajstić information content (AvgIpc) is 3.53. The summed E-state index contributed by atoms with van der Waals surface area (Å²) in [6, 6.07) is 4.80. The molecule has 1 aliphatic heterocycles. The zero-order valence-electron chi connectivity index (χ0n) is 17.0. The van der Waals surface area contributed by atoms with Crippen LogP contribution in [0.1, 0.15) is 62.2 Å². The molecule has 0 unspecified atom stereocenters. The number of nitrogens with zero attached hydrogens (tertiary/aromatic N) is 2. The van der Waals surface area contributed by atoms with E-state index >= 15 is 0 Å². The van der Waals surface area contributed by atoms with Crippen LogP contribution in [0.2, 0.25) is 0 Å². The molecule has 2 fully saturated rings. The van der Waals surface area contributed by atoms with E-state index in [2.05, 4.69) is 6.92 Å². The average molecular weight is 409 g/mol. The molecule has 2 aliphatic rings. The Balaban J connectivity index is 1.91. The van der Waals surface area contributed by atoms with Crippen LogP contribution >= 0.6 is 0 Å². The molecule has 7 heteroatoms. The minimum atomic E-state index is -3.70. The number of hydrogen-bond donors (Lipinski definition) is 0. The first-order valence-electron chi connectivity index (χ1n) is 10.4. The van der Waals surface area contributed by atoms with Crippen molar-refractivity contribution in [1.82, 2.24) is 9.21 Å². The summed E-state index contributed by atoms with van der Waals surface area (Å²) in [7, 11) is -2.23. The number of carbonyl (C=O) groups is 1. The van der Waals surface area contributed by atoms with Crippen LogP contribution < -0.4 is 4.74 Å². The maximum Gasteiger partial charge on any atom is 0.253 e. The van der Waals surface area contributed by atoms with Crippen molar-refractivity contribution in [2.24, 2.45) is 5.92 Å². The normalized spacial score (nSPS) is 18.5. The fourth-order valence-electron chi connectivity index (χ4n) is 3.77. The summed E-state index contributed by atoms with van der Waals surface area (Å²) in [5.74, 6) is 0.794. The maximum atomic E-state index is 13.3. The molecule has 156 valence electrons. The molecule has 1 saturated heterocycles. The first-order valence-corrected chi connectivity index (χ1v) is 11.9. The third kappa shape index (κ3) is 4.87. The van der Waals surface area contributed by atoms with Crippen LogP contribution in [-0.4, -0.2) is 56.8 Å². The van der Waals surface area contributed by atoms with Gasteiger partial charge in [-0.1, -0.05) is 19.8 Å². The lowest BCUT2D eigenvalue weighted by atomic mass is 10.1. The Hall–Kier alpha value is -1.60. The van der Waals surface area contributed by atoms with Crippen LogP contribution in [0.5, 0.6) is 5.75 Å². The molecule has 1 saturated carbocycles. The van der Waals surface area contributed by atoms with Gasteiger partial charge in [0.1, 0.15) is 10.6 Å². The van der Waals surface area contributed by atoms with Crippen LogP contribution in [0.25, 0.3) is 0 Å². The van der Waals surface area contributed by atoms with Crippen LogP contribution in [-0.2, 0) is 10.0 Å². The largest absolute Gasteiger partial charge is 0.495 e. The van der Waals surface area contributed by atoms with Crippen molar-refractivity contribution < 1.29 is 17.9 Å². The summed E-state index contributed by atoms with van der Waals surface area (Å²) >= 11 is 0. The lowest BCUT2D eigenvalue weighted by molar-refractivity contribution is 0.0747. The standard InChI is InChI=1S/C21H32N2O4S/c1-3-12-22(16-17-8-9-17)21(24)18-10-11-19(27-2)20(15-18)28(25,26)23-13-6-4-5-7-14-23/h10-11,15,17H,3-9,12-14,16H2,1-2H3. The molecule has 1 amide bonds.